The van der Waals surface area contributed by atoms with Crippen LogP contribution in [0.1, 0.15) is 64.0 Å². The number of benzene rings is 1. The zero-order chi connectivity index (χ0) is 20.6. The monoisotopic (exact) mass is 410 g/mol. The first kappa shape index (κ1) is 18.9. The molecule has 2 aromatic rings. The highest BCUT2D eigenvalue weighted by molar-refractivity contribution is 6.35. The summed E-state index contributed by atoms with van der Waals surface area (Å²) in [7, 11) is 1.89. The van der Waals surface area contributed by atoms with E-state index in [0.717, 1.165) is 55.1 Å². The van der Waals surface area contributed by atoms with Crippen molar-refractivity contribution < 1.29 is 4.79 Å². The molecule has 0 spiro atoms. The van der Waals surface area contributed by atoms with Crippen molar-refractivity contribution >= 4 is 28.4 Å². The topological polar surface area (TPSA) is 61.9 Å². The standard InChI is InChI=1S/C23H27ClN4O/c1-14(20-19-17(24)5-4-6-18(19)27(3)26-20)21(29)28-15-7-8-23(13-25)11-16(28)10-22(2,9-15)12-23/h4-6,14-16H,7-12H2,1-3H3. The molecule has 5 nitrogen and oxygen atoms in total. The van der Waals surface area contributed by atoms with Crippen LogP contribution in [0.4, 0.5) is 0 Å². The predicted octanol–water partition coefficient (Wildman–Crippen LogP) is 4.79. The zero-order valence-corrected chi connectivity index (χ0v) is 18.0. The predicted molar refractivity (Wildman–Crippen MR) is 112 cm³/mol. The number of hydrogen-bond donors (Lipinski definition) is 0. The number of aromatic nitrogens is 2. The number of carbonyl (C=O) groups excluding carboxylic acids is 1. The molecule has 152 valence electrons. The first-order chi connectivity index (χ1) is 13.8. The minimum absolute atomic E-state index is 0.137. The molecule has 1 aromatic carbocycles. The average molecular weight is 411 g/mol. The van der Waals surface area contributed by atoms with Gasteiger partial charge in [-0.05, 0) is 63.0 Å². The largest absolute Gasteiger partial charge is 0.336 e. The fourth-order valence-corrected chi connectivity index (χ4v) is 6.96. The van der Waals surface area contributed by atoms with Crippen molar-refractivity contribution in [2.75, 3.05) is 0 Å². The van der Waals surface area contributed by atoms with E-state index in [4.69, 9.17) is 11.6 Å². The van der Waals surface area contributed by atoms with Crippen molar-refractivity contribution in [1.29, 1.82) is 5.26 Å². The molecule has 29 heavy (non-hydrogen) atoms. The van der Waals surface area contributed by atoms with E-state index in [9.17, 15) is 10.1 Å². The third-order valence-electron chi connectivity index (χ3n) is 7.72. The van der Waals surface area contributed by atoms with Gasteiger partial charge in [0.05, 0.1) is 33.6 Å². The van der Waals surface area contributed by atoms with Crippen molar-refractivity contribution in [3.8, 4) is 6.07 Å². The summed E-state index contributed by atoms with van der Waals surface area (Å²) in [6, 6.07) is 8.81. The van der Waals surface area contributed by atoms with Gasteiger partial charge in [-0.15, -0.1) is 0 Å². The van der Waals surface area contributed by atoms with E-state index in [1.807, 2.05) is 36.9 Å². The van der Waals surface area contributed by atoms with Crippen LogP contribution in [0.2, 0.25) is 5.02 Å². The molecule has 4 bridgehead atoms. The van der Waals surface area contributed by atoms with Gasteiger partial charge in [-0.2, -0.15) is 10.4 Å². The van der Waals surface area contributed by atoms with Crippen molar-refractivity contribution in [3.63, 3.8) is 0 Å². The molecule has 5 atom stereocenters. The summed E-state index contributed by atoms with van der Waals surface area (Å²) in [5, 5.41) is 16.1. The lowest BCUT2D eigenvalue weighted by atomic mass is 9.59. The molecule has 2 aliphatic carbocycles. The van der Waals surface area contributed by atoms with Crippen LogP contribution < -0.4 is 0 Å². The molecule has 3 heterocycles. The number of carbonyl (C=O) groups is 1. The Morgan fingerprint density at radius 1 is 1.34 bits per heavy atom. The molecule has 0 radical (unpaired) electrons. The van der Waals surface area contributed by atoms with Gasteiger partial charge in [-0.25, -0.2) is 0 Å². The SMILES string of the molecule is CC(C(=O)N1C2CCC3(C#N)CC1CC(C)(C2)C3)c1nn(C)c2cccc(Cl)c12. The maximum absolute atomic E-state index is 13.8. The summed E-state index contributed by atoms with van der Waals surface area (Å²) in [5.41, 5.74) is 1.62. The smallest absolute Gasteiger partial charge is 0.232 e. The van der Waals surface area contributed by atoms with Gasteiger partial charge in [0.1, 0.15) is 0 Å². The highest BCUT2D eigenvalue weighted by atomic mass is 35.5. The second-order valence-electron chi connectivity index (χ2n) is 9.95. The van der Waals surface area contributed by atoms with E-state index in [2.05, 4.69) is 23.0 Å². The van der Waals surface area contributed by atoms with Crippen LogP contribution >= 0.6 is 11.6 Å². The molecular weight excluding hydrogens is 384 g/mol. The third-order valence-corrected chi connectivity index (χ3v) is 8.03. The average Bonchev–Trinajstić information content (AvgIpc) is 2.91. The number of amides is 1. The van der Waals surface area contributed by atoms with E-state index in [1.165, 1.54) is 0 Å². The molecule has 2 saturated carbocycles. The van der Waals surface area contributed by atoms with Crippen LogP contribution in [0.25, 0.3) is 10.9 Å². The molecule has 1 aromatic heterocycles. The Balaban J connectivity index is 1.53. The molecule has 1 amide bonds. The maximum atomic E-state index is 13.8. The van der Waals surface area contributed by atoms with Crippen molar-refractivity contribution in [2.24, 2.45) is 17.9 Å². The molecule has 5 unspecified atom stereocenters. The highest BCUT2D eigenvalue weighted by Gasteiger charge is 2.57. The van der Waals surface area contributed by atoms with Crippen LogP contribution in [0, 0.1) is 22.2 Å². The van der Waals surface area contributed by atoms with E-state index in [1.54, 1.807) is 0 Å². The number of aryl methyl sites for hydroxylation is 1. The molecule has 4 fully saturated rings. The van der Waals surface area contributed by atoms with Gasteiger partial charge < -0.3 is 4.90 Å². The maximum Gasteiger partial charge on any atom is 0.232 e. The quantitative estimate of drug-likeness (QED) is 0.714. The lowest BCUT2D eigenvalue weighted by Gasteiger charge is -2.54. The van der Waals surface area contributed by atoms with Crippen LogP contribution in [0.5, 0.6) is 0 Å². The first-order valence-corrected chi connectivity index (χ1v) is 11.0. The fraction of sp³-hybridized carbons (Fsp3) is 0.609. The Kier molecular flexibility index (Phi) is 4.06. The van der Waals surface area contributed by atoms with Crippen molar-refractivity contribution in [3.05, 3.63) is 28.9 Å². The van der Waals surface area contributed by atoms with Gasteiger partial charge in [0.15, 0.2) is 0 Å². The molecule has 6 rings (SSSR count). The lowest BCUT2D eigenvalue weighted by Crippen LogP contribution is -2.58. The number of hydrogen-bond acceptors (Lipinski definition) is 3. The van der Waals surface area contributed by atoms with E-state index >= 15 is 0 Å². The van der Waals surface area contributed by atoms with Crippen LogP contribution in [-0.2, 0) is 11.8 Å². The molecule has 6 heteroatoms. The number of halogens is 1. The Labute approximate surface area is 176 Å². The second kappa shape index (κ2) is 6.22. The second-order valence-corrected chi connectivity index (χ2v) is 10.4. The normalized spacial score (nSPS) is 34.2. The molecule has 2 saturated heterocycles. The number of piperidine rings is 1. The van der Waals surface area contributed by atoms with Crippen molar-refractivity contribution in [2.45, 2.75) is 70.4 Å². The fourth-order valence-electron chi connectivity index (χ4n) is 6.69. The van der Waals surface area contributed by atoms with Crippen molar-refractivity contribution in [1.82, 2.24) is 14.7 Å². The summed E-state index contributed by atoms with van der Waals surface area (Å²) < 4.78 is 1.81. The Bertz CT molecular complexity index is 1060. The van der Waals surface area contributed by atoms with Gasteiger partial charge in [0.25, 0.3) is 0 Å². The van der Waals surface area contributed by atoms with Gasteiger partial charge in [0, 0.05) is 24.5 Å². The summed E-state index contributed by atoms with van der Waals surface area (Å²) in [6.45, 7) is 4.28. The summed E-state index contributed by atoms with van der Waals surface area (Å²) in [5.74, 6) is -0.223. The summed E-state index contributed by atoms with van der Waals surface area (Å²) in [6.07, 6.45) is 5.67. The number of fused-ring (bicyclic) bond motifs is 2. The molecule has 0 N–H and O–H groups in total. The molecular formula is C23H27ClN4O. The van der Waals surface area contributed by atoms with E-state index < -0.39 is 0 Å². The summed E-state index contributed by atoms with van der Waals surface area (Å²) >= 11 is 6.50. The van der Waals surface area contributed by atoms with Crippen LogP contribution in [0.15, 0.2) is 18.2 Å². The Hall–Kier alpha value is -2.06. The summed E-state index contributed by atoms with van der Waals surface area (Å²) in [4.78, 5) is 15.9. The van der Waals surface area contributed by atoms with Crippen LogP contribution in [-0.4, -0.2) is 32.7 Å². The third kappa shape index (κ3) is 2.72. The van der Waals surface area contributed by atoms with Gasteiger partial charge in [-0.1, -0.05) is 24.6 Å². The van der Waals surface area contributed by atoms with Gasteiger partial charge in [0.2, 0.25) is 5.91 Å². The number of rotatable bonds is 2. The van der Waals surface area contributed by atoms with E-state index in [-0.39, 0.29) is 34.7 Å². The van der Waals surface area contributed by atoms with Gasteiger partial charge in [-0.3, -0.25) is 9.48 Å². The first-order valence-electron chi connectivity index (χ1n) is 10.6. The number of nitriles is 1. The lowest BCUT2D eigenvalue weighted by molar-refractivity contribution is -0.145. The van der Waals surface area contributed by atoms with E-state index in [0.29, 0.717) is 5.02 Å². The number of nitrogens with zero attached hydrogens (tertiary/aromatic N) is 4. The molecule has 2 aliphatic heterocycles. The van der Waals surface area contributed by atoms with Gasteiger partial charge >= 0.3 is 0 Å². The zero-order valence-electron chi connectivity index (χ0n) is 17.3. The molecule has 4 aliphatic rings. The minimum atomic E-state index is -0.359. The van der Waals surface area contributed by atoms with Crippen LogP contribution in [0.3, 0.4) is 0 Å². The Morgan fingerprint density at radius 2 is 2.10 bits per heavy atom. The highest BCUT2D eigenvalue weighted by Crippen LogP contribution is 2.59. The minimum Gasteiger partial charge on any atom is -0.336 e. The Morgan fingerprint density at radius 3 is 2.86 bits per heavy atom.